The number of rotatable bonds is 9. The number of methoxy groups -OCH3 is 2. The smallest absolute Gasteiger partial charge is 0.252 e. The number of thioether (sulfide) groups is 1. The molecule has 0 saturated carbocycles. The lowest BCUT2D eigenvalue weighted by Gasteiger charge is -2.12. The molecule has 4 rings (SSSR count). The van der Waals surface area contributed by atoms with Crippen LogP contribution in [0.4, 0.5) is 5.69 Å². The van der Waals surface area contributed by atoms with Crippen molar-refractivity contribution in [2.24, 2.45) is 0 Å². The van der Waals surface area contributed by atoms with Gasteiger partial charge in [0.25, 0.3) is 5.91 Å². The van der Waals surface area contributed by atoms with Crippen molar-refractivity contribution in [3.05, 3.63) is 71.8 Å². The number of anilines is 1. The first-order chi connectivity index (χ1) is 16.6. The lowest BCUT2D eigenvalue weighted by Crippen LogP contribution is -2.23. The van der Waals surface area contributed by atoms with Crippen molar-refractivity contribution >= 4 is 29.3 Å². The Hall–Kier alpha value is -3.85. The van der Waals surface area contributed by atoms with Crippen LogP contribution in [-0.2, 0) is 11.3 Å². The lowest BCUT2D eigenvalue weighted by atomic mass is 10.1. The number of carbonyl (C=O) groups is 2. The van der Waals surface area contributed by atoms with Crippen LogP contribution in [0.2, 0.25) is 0 Å². The molecule has 0 saturated heterocycles. The average Bonchev–Trinajstić information content (AvgIpc) is 3.34. The number of ether oxygens (including phenoxy) is 4. The van der Waals surface area contributed by atoms with Crippen LogP contribution >= 0.6 is 11.8 Å². The molecule has 0 aromatic heterocycles. The van der Waals surface area contributed by atoms with Gasteiger partial charge in [0.2, 0.25) is 12.7 Å². The number of carbonyl (C=O) groups excluding carboxylic acids is 2. The Morgan fingerprint density at radius 2 is 1.74 bits per heavy atom. The molecule has 0 bridgehead atoms. The lowest BCUT2D eigenvalue weighted by molar-refractivity contribution is -0.113. The molecule has 0 spiro atoms. The molecule has 9 heteroatoms. The molecule has 34 heavy (non-hydrogen) atoms. The van der Waals surface area contributed by atoms with Crippen LogP contribution in [0.15, 0.2) is 65.6 Å². The number of benzene rings is 3. The van der Waals surface area contributed by atoms with Gasteiger partial charge in [0, 0.05) is 23.2 Å². The molecule has 1 heterocycles. The van der Waals surface area contributed by atoms with Gasteiger partial charge < -0.3 is 29.6 Å². The quantitative estimate of drug-likeness (QED) is 0.446. The summed E-state index contributed by atoms with van der Waals surface area (Å²) in [5.41, 5.74) is 2.00. The summed E-state index contributed by atoms with van der Waals surface area (Å²) >= 11 is 1.29. The van der Waals surface area contributed by atoms with Gasteiger partial charge >= 0.3 is 0 Å². The van der Waals surface area contributed by atoms with Crippen LogP contribution in [0.5, 0.6) is 23.0 Å². The molecule has 176 valence electrons. The molecule has 2 amide bonds. The van der Waals surface area contributed by atoms with Crippen LogP contribution in [0.1, 0.15) is 15.9 Å². The van der Waals surface area contributed by atoms with E-state index < -0.39 is 0 Å². The number of hydrogen-bond acceptors (Lipinski definition) is 7. The van der Waals surface area contributed by atoms with E-state index in [1.807, 2.05) is 30.3 Å². The molecule has 1 aliphatic rings. The maximum absolute atomic E-state index is 12.8. The van der Waals surface area contributed by atoms with Crippen molar-refractivity contribution in [3.63, 3.8) is 0 Å². The molecule has 0 unspecified atom stereocenters. The highest BCUT2D eigenvalue weighted by Crippen LogP contribution is 2.33. The molecular formula is C25H24N2O6S. The van der Waals surface area contributed by atoms with Gasteiger partial charge in [-0.2, -0.15) is 0 Å². The maximum atomic E-state index is 12.8. The first-order valence-electron chi connectivity index (χ1n) is 10.5. The van der Waals surface area contributed by atoms with Crippen molar-refractivity contribution in [1.29, 1.82) is 0 Å². The van der Waals surface area contributed by atoms with Gasteiger partial charge in [-0.05, 0) is 42.0 Å². The third-order valence-electron chi connectivity index (χ3n) is 5.05. The Bertz CT molecular complexity index is 1200. The van der Waals surface area contributed by atoms with Gasteiger partial charge in [0.15, 0.2) is 23.0 Å². The Morgan fingerprint density at radius 1 is 0.941 bits per heavy atom. The van der Waals surface area contributed by atoms with Crippen molar-refractivity contribution < 1.29 is 28.5 Å². The van der Waals surface area contributed by atoms with E-state index in [1.54, 1.807) is 37.4 Å². The van der Waals surface area contributed by atoms with Crippen LogP contribution in [0.3, 0.4) is 0 Å². The first-order valence-corrected chi connectivity index (χ1v) is 11.5. The van der Waals surface area contributed by atoms with E-state index in [9.17, 15) is 9.59 Å². The molecule has 0 radical (unpaired) electrons. The summed E-state index contributed by atoms with van der Waals surface area (Å²) in [6, 6.07) is 17.9. The highest BCUT2D eigenvalue weighted by Gasteiger charge is 2.16. The third-order valence-corrected chi connectivity index (χ3v) is 6.12. The Morgan fingerprint density at radius 3 is 2.56 bits per heavy atom. The van der Waals surface area contributed by atoms with Gasteiger partial charge in [-0.25, -0.2) is 0 Å². The minimum absolute atomic E-state index is 0.140. The van der Waals surface area contributed by atoms with Crippen LogP contribution in [-0.4, -0.2) is 38.6 Å². The van der Waals surface area contributed by atoms with E-state index in [2.05, 4.69) is 10.6 Å². The van der Waals surface area contributed by atoms with E-state index in [-0.39, 0.29) is 24.4 Å². The van der Waals surface area contributed by atoms with Gasteiger partial charge in [0.1, 0.15) is 0 Å². The number of nitrogens with one attached hydrogen (secondary N) is 2. The zero-order chi connectivity index (χ0) is 23.9. The highest BCUT2D eigenvalue weighted by atomic mass is 32.2. The first kappa shape index (κ1) is 23.3. The summed E-state index contributed by atoms with van der Waals surface area (Å²) in [4.78, 5) is 26.0. The second kappa shape index (κ2) is 10.8. The molecule has 0 aliphatic carbocycles. The zero-order valence-corrected chi connectivity index (χ0v) is 19.6. The minimum Gasteiger partial charge on any atom is -0.493 e. The highest BCUT2D eigenvalue weighted by molar-refractivity contribution is 8.00. The van der Waals surface area contributed by atoms with E-state index in [0.717, 1.165) is 5.56 Å². The molecule has 1 aliphatic heterocycles. The Kier molecular flexibility index (Phi) is 7.44. The standard InChI is InChI=1S/C25H24N2O6S/c1-30-19-10-8-17(12-21(19)31-2)27-24(28)14-34-23-6-4-3-5-18(23)25(29)26-13-16-7-9-20-22(11-16)33-15-32-20/h3-12H,13-15H2,1-2H3,(H,26,29)(H,27,28). The molecular weight excluding hydrogens is 456 g/mol. The number of fused-ring (bicyclic) bond motifs is 1. The van der Waals surface area contributed by atoms with E-state index >= 15 is 0 Å². The summed E-state index contributed by atoms with van der Waals surface area (Å²) in [5.74, 6) is 2.19. The van der Waals surface area contributed by atoms with E-state index in [0.29, 0.717) is 45.7 Å². The molecule has 0 atom stereocenters. The Labute approximate surface area is 201 Å². The fourth-order valence-corrected chi connectivity index (χ4v) is 4.21. The summed E-state index contributed by atoms with van der Waals surface area (Å²) < 4.78 is 21.2. The summed E-state index contributed by atoms with van der Waals surface area (Å²) in [6.45, 7) is 0.545. The molecule has 8 nitrogen and oxygen atoms in total. The van der Waals surface area contributed by atoms with Crippen molar-refractivity contribution in [2.45, 2.75) is 11.4 Å². The molecule has 0 fully saturated rings. The maximum Gasteiger partial charge on any atom is 0.252 e. The topological polar surface area (TPSA) is 95.1 Å². The van der Waals surface area contributed by atoms with Crippen LogP contribution in [0, 0.1) is 0 Å². The minimum atomic E-state index is -0.221. The van der Waals surface area contributed by atoms with Gasteiger partial charge in [0.05, 0.1) is 25.5 Å². The second-order valence-electron chi connectivity index (χ2n) is 7.27. The van der Waals surface area contributed by atoms with E-state index in [4.69, 9.17) is 18.9 Å². The average molecular weight is 481 g/mol. The second-order valence-corrected chi connectivity index (χ2v) is 8.29. The molecule has 3 aromatic carbocycles. The van der Waals surface area contributed by atoms with Crippen LogP contribution < -0.4 is 29.6 Å². The zero-order valence-electron chi connectivity index (χ0n) is 18.8. The van der Waals surface area contributed by atoms with E-state index in [1.165, 1.54) is 18.9 Å². The monoisotopic (exact) mass is 480 g/mol. The predicted molar refractivity (Wildman–Crippen MR) is 129 cm³/mol. The number of hydrogen-bond donors (Lipinski definition) is 2. The summed E-state index contributed by atoms with van der Waals surface area (Å²) in [6.07, 6.45) is 0. The van der Waals surface area contributed by atoms with Crippen molar-refractivity contribution in [1.82, 2.24) is 5.32 Å². The number of amides is 2. The molecule has 2 N–H and O–H groups in total. The van der Waals surface area contributed by atoms with Crippen LogP contribution in [0.25, 0.3) is 0 Å². The fraction of sp³-hybridized carbons (Fsp3) is 0.200. The van der Waals surface area contributed by atoms with Gasteiger partial charge in [-0.3, -0.25) is 9.59 Å². The van der Waals surface area contributed by atoms with Crippen molar-refractivity contribution in [3.8, 4) is 23.0 Å². The fourth-order valence-electron chi connectivity index (χ4n) is 3.36. The third kappa shape index (κ3) is 5.55. The largest absolute Gasteiger partial charge is 0.493 e. The summed E-state index contributed by atoms with van der Waals surface area (Å²) in [7, 11) is 3.09. The van der Waals surface area contributed by atoms with Gasteiger partial charge in [-0.1, -0.05) is 18.2 Å². The van der Waals surface area contributed by atoms with Crippen molar-refractivity contribution in [2.75, 3.05) is 32.1 Å². The normalized spacial score (nSPS) is 11.6. The Balaban J connectivity index is 1.34. The molecule has 3 aromatic rings. The SMILES string of the molecule is COc1ccc(NC(=O)CSc2ccccc2C(=O)NCc2ccc3c(c2)OCO3)cc1OC. The predicted octanol–water partition coefficient (Wildman–Crippen LogP) is 4.09. The van der Waals surface area contributed by atoms with Gasteiger partial charge in [-0.15, -0.1) is 11.8 Å². The summed E-state index contributed by atoms with van der Waals surface area (Å²) in [5, 5.41) is 5.76.